The standard InChI is InChI=1S/C7H4O2S/c8-6-2-1-5-3-4-10-7(5)9-6/h1-4H. The van der Waals surface area contributed by atoms with Gasteiger partial charge < -0.3 is 4.42 Å². The molecule has 2 nitrogen and oxygen atoms in total. The first-order valence-corrected chi connectivity index (χ1v) is 3.71. The molecular weight excluding hydrogens is 148 g/mol. The van der Waals surface area contributed by atoms with Crippen molar-refractivity contribution in [3.8, 4) is 0 Å². The van der Waals surface area contributed by atoms with E-state index >= 15 is 0 Å². The molecule has 0 aromatic carbocycles. The van der Waals surface area contributed by atoms with Crippen LogP contribution in [0.1, 0.15) is 0 Å². The maximum atomic E-state index is 10.6. The summed E-state index contributed by atoms with van der Waals surface area (Å²) in [4.78, 5) is 11.3. The van der Waals surface area contributed by atoms with Crippen molar-refractivity contribution >= 4 is 21.6 Å². The smallest absolute Gasteiger partial charge is 0.336 e. The fraction of sp³-hybridized carbons (Fsp3) is 0. The van der Waals surface area contributed by atoms with Crippen LogP contribution in [0.15, 0.2) is 32.8 Å². The van der Waals surface area contributed by atoms with Gasteiger partial charge in [0, 0.05) is 11.5 Å². The molecule has 0 saturated carbocycles. The molecule has 50 valence electrons. The van der Waals surface area contributed by atoms with E-state index in [9.17, 15) is 4.79 Å². The molecule has 2 aromatic heterocycles. The highest BCUT2D eigenvalue weighted by atomic mass is 32.1. The second kappa shape index (κ2) is 1.95. The highest BCUT2D eigenvalue weighted by Gasteiger charge is 1.94. The Morgan fingerprint density at radius 2 is 2.20 bits per heavy atom. The molecule has 0 unspecified atom stereocenters. The van der Waals surface area contributed by atoms with Crippen LogP contribution in [-0.2, 0) is 0 Å². The lowest BCUT2D eigenvalue weighted by Crippen LogP contribution is -1.91. The summed E-state index contributed by atoms with van der Waals surface area (Å²) >= 11 is 1.43. The Labute approximate surface area is 60.7 Å². The minimum Gasteiger partial charge on any atom is -0.412 e. The predicted molar refractivity (Wildman–Crippen MR) is 40.4 cm³/mol. The van der Waals surface area contributed by atoms with Crippen LogP contribution in [0.5, 0.6) is 0 Å². The molecule has 0 bridgehead atoms. The van der Waals surface area contributed by atoms with E-state index in [2.05, 4.69) is 0 Å². The van der Waals surface area contributed by atoms with Crippen molar-refractivity contribution in [1.29, 1.82) is 0 Å². The van der Waals surface area contributed by atoms with Crippen molar-refractivity contribution in [2.45, 2.75) is 0 Å². The summed E-state index contributed by atoms with van der Waals surface area (Å²) in [6.45, 7) is 0. The summed E-state index contributed by atoms with van der Waals surface area (Å²) in [5.41, 5.74) is -0.282. The predicted octanol–water partition coefficient (Wildman–Crippen LogP) is 1.85. The third kappa shape index (κ3) is 0.752. The van der Waals surface area contributed by atoms with Gasteiger partial charge in [0.15, 0.2) is 4.90 Å². The largest absolute Gasteiger partial charge is 0.412 e. The minimum absolute atomic E-state index is 0.282. The molecule has 0 aliphatic heterocycles. The second-order valence-electron chi connectivity index (χ2n) is 1.92. The number of thiophene rings is 1. The maximum absolute atomic E-state index is 10.6. The Balaban J connectivity index is 2.99. The van der Waals surface area contributed by atoms with E-state index in [1.54, 1.807) is 6.07 Å². The monoisotopic (exact) mass is 152 g/mol. The highest BCUT2D eigenvalue weighted by Crippen LogP contribution is 2.17. The third-order valence-corrected chi connectivity index (χ3v) is 2.06. The molecule has 2 heterocycles. The zero-order valence-electron chi connectivity index (χ0n) is 5.03. The van der Waals surface area contributed by atoms with Crippen molar-refractivity contribution in [2.24, 2.45) is 0 Å². The number of rotatable bonds is 0. The second-order valence-corrected chi connectivity index (χ2v) is 2.80. The van der Waals surface area contributed by atoms with Crippen molar-refractivity contribution in [1.82, 2.24) is 0 Å². The lowest BCUT2D eigenvalue weighted by atomic mass is 10.4. The van der Waals surface area contributed by atoms with E-state index in [-0.39, 0.29) is 5.63 Å². The van der Waals surface area contributed by atoms with E-state index in [0.29, 0.717) is 4.90 Å². The summed E-state index contributed by atoms with van der Waals surface area (Å²) in [6, 6.07) is 5.11. The fourth-order valence-electron chi connectivity index (χ4n) is 0.795. The van der Waals surface area contributed by atoms with Crippen LogP contribution in [0.3, 0.4) is 0 Å². The first-order chi connectivity index (χ1) is 4.86. The normalized spacial score (nSPS) is 10.4. The van der Waals surface area contributed by atoms with Gasteiger partial charge in [0.05, 0.1) is 0 Å². The third-order valence-electron chi connectivity index (χ3n) is 1.25. The number of hydrogen-bond acceptors (Lipinski definition) is 3. The van der Waals surface area contributed by atoms with Crippen molar-refractivity contribution < 1.29 is 4.42 Å². The van der Waals surface area contributed by atoms with Crippen molar-refractivity contribution in [3.63, 3.8) is 0 Å². The van der Waals surface area contributed by atoms with Gasteiger partial charge in [-0.3, -0.25) is 0 Å². The van der Waals surface area contributed by atoms with Gasteiger partial charge in [-0.1, -0.05) is 0 Å². The summed E-state index contributed by atoms with van der Waals surface area (Å²) in [5.74, 6) is 0. The van der Waals surface area contributed by atoms with E-state index in [4.69, 9.17) is 4.42 Å². The van der Waals surface area contributed by atoms with E-state index in [1.165, 1.54) is 17.4 Å². The molecule has 0 N–H and O–H groups in total. The van der Waals surface area contributed by atoms with Crippen LogP contribution < -0.4 is 5.63 Å². The highest BCUT2D eigenvalue weighted by molar-refractivity contribution is 7.16. The average molecular weight is 152 g/mol. The first-order valence-electron chi connectivity index (χ1n) is 2.83. The van der Waals surface area contributed by atoms with Gasteiger partial charge in [-0.25, -0.2) is 4.79 Å². The quantitative estimate of drug-likeness (QED) is 0.576. The van der Waals surface area contributed by atoms with Gasteiger partial charge in [-0.2, -0.15) is 0 Å². The summed E-state index contributed by atoms with van der Waals surface area (Å²) in [5, 5.41) is 2.89. The Bertz CT molecular complexity index is 399. The zero-order valence-corrected chi connectivity index (χ0v) is 5.85. The lowest BCUT2D eigenvalue weighted by Gasteiger charge is -1.82. The van der Waals surface area contributed by atoms with Crippen LogP contribution in [0, 0.1) is 0 Å². The van der Waals surface area contributed by atoms with Crippen LogP contribution in [0.25, 0.3) is 10.3 Å². The van der Waals surface area contributed by atoms with Gasteiger partial charge in [-0.05, 0) is 17.5 Å². The summed E-state index contributed by atoms with van der Waals surface area (Å²) in [7, 11) is 0. The molecule has 2 aromatic rings. The van der Waals surface area contributed by atoms with Crippen LogP contribution in [0.2, 0.25) is 0 Å². The number of hydrogen-bond donors (Lipinski definition) is 0. The maximum Gasteiger partial charge on any atom is 0.336 e. The first kappa shape index (κ1) is 5.68. The molecule has 10 heavy (non-hydrogen) atoms. The average Bonchev–Trinajstić information content (AvgIpc) is 2.33. The zero-order chi connectivity index (χ0) is 6.97. The summed E-state index contributed by atoms with van der Waals surface area (Å²) in [6.07, 6.45) is 0. The van der Waals surface area contributed by atoms with Crippen LogP contribution in [-0.4, -0.2) is 0 Å². The Morgan fingerprint density at radius 1 is 1.30 bits per heavy atom. The summed E-state index contributed by atoms with van der Waals surface area (Å²) < 4.78 is 4.86. The van der Waals surface area contributed by atoms with Gasteiger partial charge in [0.1, 0.15) is 0 Å². The number of fused-ring (bicyclic) bond motifs is 1. The topological polar surface area (TPSA) is 30.2 Å². The SMILES string of the molecule is O=c1ccc2ccsc2o1. The van der Waals surface area contributed by atoms with Gasteiger partial charge in [0.25, 0.3) is 0 Å². The molecule has 0 atom stereocenters. The van der Waals surface area contributed by atoms with Gasteiger partial charge in [-0.15, -0.1) is 11.3 Å². The lowest BCUT2D eigenvalue weighted by molar-refractivity contribution is 0.568. The molecule has 2 rings (SSSR count). The molecule has 3 heteroatoms. The Morgan fingerprint density at radius 3 is 3.10 bits per heavy atom. The Hall–Kier alpha value is -1.09. The van der Waals surface area contributed by atoms with Crippen LogP contribution in [0.4, 0.5) is 0 Å². The Kier molecular flexibility index (Phi) is 1.11. The molecular formula is C7H4O2S. The molecule has 0 radical (unpaired) electrons. The van der Waals surface area contributed by atoms with E-state index in [1.807, 2.05) is 11.4 Å². The molecule has 0 amide bonds. The van der Waals surface area contributed by atoms with E-state index in [0.717, 1.165) is 5.39 Å². The van der Waals surface area contributed by atoms with E-state index < -0.39 is 0 Å². The van der Waals surface area contributed by atoms with Crippen LogP contribution >= 0.6 is 11.3 Å². The molecule has 0 aliphatic rings. The fourth-order valence-corrected chi connectivity index (χ4v) is 1.54. The molecule has 0 aliphatic carbocycles. The van der Waals surface area contributed by atoms with Gasteiger partial charge >= 0.3 is 5.63 Å². The van der Waals surface area contributed by atoms with Crippen molar-refractivity contribution in [2.75, 3.05) is 0 Å². The molecule has 0 fully saturated rings. The minimum atomic E-state index is -0.282. The van der Waals surface area contributed by atoms with Crippen molar-refractivity contribution in [3.05, 3.63) is 34.0 Å². The molecule has 0 spiro atoms. The van der Waals surface area contributed by atoms with Gasteiger partial charge in [0.2, 0.25) is 0 Å². The molecule has 0 saturated heterocycles.